The molecule has 2 fully saturated rings. The summed E-state index contributed by atoms with van der Waals surface area (Å²) in [6.07, 6.45) is 6.39. The summed E-state index contributed by atoms with van der Waals surface area (Å²) >= 11 is 0. The Kier molecular flexibility index (Phi) is 4.27. The third kappa shape index (κ3) is 3.35. The van der Waals surface area contributed by atoms with Crippen molar-refractivity contribution in [3.05, 3.63) is 60.1 Å². The molecule has 0 saturated heterocycles. The van der Waals surface area contributed by atoms with Gasteiger partial charge in [0, 0.05) is 18.2 Å². The lowest BCUT2D eigenvalue weighted by Crippen LogP contribution is -2.12. The Bertz CT molecular complexity index is 971. The number of hydrogen-bond donors (Lipinski definition) is 1. The first-order chi connectivity index (χ1) is 13.7. The van der Waals surface area contributed by atoms with Crippen molar-refractivity contribution in [1.82, 2.24) is 15.2 Å². The Hall–Kier alpha value is -3.22. The number of pyridine rings is 1. The second kappa shape index (κ2) is 7.07. The maximum absolute atomic E-state index is 12.4. The standard InChI is InChI=1S/C21H20N4O3/c26-19(15-8-9-18(22-12-15)27-16-4-2-1-3-5-16)23-21-25-24-20(28-21)17-11-13-6-7-14(17)10-13/h1-5,8-9,12-14,17H,6-7,10-11H2,(H,23,25,26). The van der Waals surface area contributed by atoms with E-state index in [1.807, 2.05) is 30.3 Å². The Balaban J connectivity index is 1.22. The van der Waals surface area contributed by atoms with E-state index in [4.69, 9.17) is 9.15 Å². The summed E-state index contributed by atoms with van der Waals surface area (Å²) in [6, 6.07) is 12.8. The van der Waals surface area contributed by atoms with Crippen LogP contribution < -0.4 is 10.1 Å². The number of nitrogens with one attached hydrogen (secondary N) is 1. The molecule has 28 heavy (non-hydrogen) atoms. The molecule has 3 atom stereocenters. The van der Waals surface area contributed by atoms with E-state index < -0.39 is 0 Å². The molecule has 1 amide bonds. The van der Waals surface area contributed by atoms with Crippen molar-refractivity contribution >= 4 is 11.9 Å². The van der Waals surface area contributed by atoms with Crippen LogP contribution >= 0.6 is 0 Å². The average molecular weight is 376 g/mol. The van der Waals surface area contributed by atoms with Gasteiger partial charge in [0.25, 0.3) is 5.91 Å². The minimum atomic E-state index is -0.345. The van der Waals surface area contributed by atoms with Gasteiger partial charge in [0.1, 0.15) is 5.75 Å². The number of carbonyl (C=O) groups is 1. The molecule has 0 spiro atoms. The van der Waals surface area contributed by atoms with E-state index in [2.05, 4.69) is 20.5 Å². The van der Waals surface area contributed by atoms with Gasteiger partial charge in [-0.1, -0.05) is 29.7 Å². The molecule has 0 aliphatic heterocycles. The number of anilines is 1. The largest absolute Gasteiger partial charge is 0.439 e. The lowest BCUT2D eigenvalue weighted by Gasteiger charge is -2.17. The maximum Gasteiger partial charge on any atom is 0.322 e. The first-order valence-electron chi connectivity index (χ1n) is 9.58. The third-order valence-electron chi connectivity index (χ3n) is 5.68. The summed E-state index contributed by atoms with van der Waals surface area (Å²) < 4.78 is 11.3. The quantitative estimate of drug-likeness (QED) is 0.709. The minimum Gasteiger partial charge on any atom is -0.439 e. The normalized spacial score (nSPS) is 22.9. The summed E-state index contributed by atoms with van der Waals surface area (Å²) in [5, 5.41) is 10.8. The molecule has 2 bridgehead atoms. The predicted molar refractivity (Wildman–Crippen MR) is 101 cm³/mol. The Morgan fingerprint density at radius 3 is 2.68 bits per heavy atom. The fourth-order valence-electron chi connectivity index (χ4n) is 4.34. The molecule has 2 heterocycles. The molecule has 1 N–H and O–H groups in total. The van der Waals surface area contributed by atoms with Crippen LogP contribution in [0.4, 0.5) is 6.01 Å². The van der Waals surface area contributed by atoms with Crippen molar-refractivity contribution in [1.29, 1.82) is 0 Å². The molecule has 7 heteroatoms. The molecule has 0 radical (unpaired) electrons. The number of ether oxygens (including phenoxy) is 1. The van der Waals surface area contributed by atoms with E-state index in [1.165, 1.54) is 25.5 Å². The van der Waals surface area contributed by atoms with Gasteiger partial charge in [-0.3, -0.25) is 10.1 Å². The lowest BCUT2D eigenvalue weighted by molar-refractivity contribution is 0.102. The van der Waals surface area contributed by atoms with E-state index in [-0.39, 0.29) is 11.9 Å². The second-order valence-electron chi connectivity index (χ2n) is 7.48. The van der Waals surface area contributed by atoms with Gasteiger partial charge < -0.3 is 9.15 Å². The zero-order valence-electron chi connectivity index (χ0n) is 15.2. The molecule has 1 aromatic carbocycles. The number of carbonyl (C=O) groups excluding carboxylic acids is 1. The molecule has 3 unspecified atom stereocenters. The highest BCUT2D eigenvalue weighted by atomic mass is 16.5. The molecular formula is C21H20N4O3. The van der Waals surface area contributed by atoms with Crippen LogP contribution in [0.25, 0.3) is 0 Å². The van der Waals surface area contributed by atoms with Crippen LogP contribution in [0.5, 0.6) is 11.6 Å². The van der Waals surface area contributed by atoms with Gasteiger partial charge in [0.15, 0.2) is 0 Å². The van der Waals surface area contributed by atoms with E-state index >= 15 is 0 Å². The summed E-state index contributed by atoms with van der Waals surface area (Å²) in [5.41, 5.74) is 0.389. The zero-order chi connectivity index (χ0) is 18.9. The van der Waals surface area contributed by atoms with Gasteiger partial charge in [-0.05, 0) is 49.3 Å². The summed E-state index contributed by atoms with van der Waals surface area (Å²) in [6.45, 7) is 0. The Labute approximate surface area is 162 Å². The number of rotatable bonds is 5. The van der Waals surface area contributed by atoms with Crippen molar-refractivity contribution in [2.45, 2.75) is 31.6 Å². The molecule has 2 saturated carbocycles. The second-order valence-corrected chi connectivity index (χ2v) is 7.48. The fourth-order valence-corrected chi connectivity index (χ4v) is 4.34. The SMILES string of the molecule is O=C(Nc1nnc(C2CC3CCC2C3)o1)c1ccc(Oc2ccccc2)nc1. The van der Waals surface area contributed by atoms with Crippen LogP contribution in [-0.4, -0.2) is 21.1 Å². The van der Waals surface area contributed by atoms with Crippen LogP contribution in [0.3, 0.4) is 0 Å². The highest BCUT2D eigenvalue weighted by Gasteiger charge is 2.42. The van der Waals surface area contributed by atoms with Crippen LogP contribution in [0, 0.1) is 11.8 Å². The Morgan fingerprint density at radius 1 is 1.07 bits per heavy atom. The van der Waals surface area contributed by atoms with Crippen LogP contribution in [0.2, 0.25) is 0 Å². The van der Waals surface area contributed by atoms with Gasteiger partial charge in [0.2, 0.25) is 11.8 Å². The summed E-state index contributed by atoms with van der Waals surface area (Å²) in [5.74, 6) is 3.19. The van der Waals surface area contributed by atoms with Gasteiger partial charge >= 0.3 is 6.01 Å². The smallest absolute Gasteiger partial charge is 0.322 e. The van der Waals surface area contributed by atoms with Crippen molar-refractivity contribution in [2.75, 3.05) is 5.32 Å². The predicted octanol–water partition coefficient (Wildman–Crippen LogP) is 4.41. The van der Waals surface area contributed by atoms with E-state index in [1.54, 1.807) is 12.1 Å². The number of nitrogens with zero attached hydrogens (tertiary/aromatic N) is 3. The number of benzene rings is 1. The first-order valence-corrected chi connectivity index (χ1v) is 9.58. The minimum absolute atomic E-state index is 0.132. The fraction of sp³-hybridized carbons (Fsp3) is 0.333. The van der Waals surface area contributed by atoms with Crippen molar-refractivity contribution in [2.24, 2.45) is 11.8 Å². The van der Waals surface area contributed by atoms with E-state index in [0.717, 1.165) is 12.3 Å². The summed E-state index contributed by atoms with van der Waals surface area (Å²) in [4.78, 5) is 16.6. The van der Waals surface area contributed by atoms with Crippen LogP contribution in [-0.2, 0) is 0 Å². The summed E-state index contributed by atoms with van der Waals surface area (Å²) in [7, 11) is 0. The molecule has 5 rings (SSSR count). The lowest BCUT2D eigenvalue weighted by atomic mass is 9.89. The highest BCUT2D eigenvalue weighted by Crippen LogP contribution is 2.52. The Morgan fingerprint density at radius 2 is 1.96 bits per heavy atom. The topological polar surface area (TPSA) is 90.1 Å². The highest BCUT2D eigenvalue weighted by molar-refractivity contribution is 6.02. The number of fused-ring (bicyclic) bond motifs is 2. The van der Waals surface area contributed by atoms with E-state index in [9.17, 15) is 4.79 Å². The van der Waals surface area contributed by atoms with Crippen LogP contribution in [0.1, 0.15) is 47.8 Å². The van der Waals surface area contributed by atoms with Gasteiger partial charge in [-0.2, -0.15) is 0 Å². The van der Waals surface area contributed by atoms with Crippen molar-refractivity contribution < 1.29 is 13.9 Å². The molecule has 3 aromatic rings. The molecule has 142 valence electrons. The van der Waals surface area contributed by atoms with Crippen molar-refractivity contribution in [3.63, 3.8) is 0 Å². The van der Waals surface area contributed by atoms with Crippen molar-refractivity contribution in [3.8, 4) is 11.6 Å². The van der Waals surface area contributed by atoms with Gasteiger partial charge in [0.05, 0.1) is 5.56 Å². The maximum atomic E-state index is 12.4. The third-order valence-corrected chi connectivity index (χ3v) is 5.68. The molecule has 7 nitrogen and oxygen atoms in total. The average Bonchev–Trinajstić information content (AvgIpc) is 3.46. The first kappa shape index (κ1) is 16.9. The zero-order valence-corrected chi connectivity index (χ0v) is 15.2. The van der Waals surface area contributed by atoms with Crippen LogP contribution in [0.15, 0.2) is 53.1 Å². The molecule has 2 aromatic heterocycles. The molecule has 2 aliphatic rings. The van der Waals surface area contributed by atoms with Gasteiger partial charge in [-0.15, -0.1) is 5.10 Å². The number of aromatic nitrogens is 3. The number of hydrogen-bond acceptors (Lipinski definition) is 6. The molecular weight excluding hydrogens is 356 g/mol. The molecule has 2 aliphatic carbocycles. The van der Waals surface area contributed by atoms with Gasteiger partial charge in [-0.25, -0.2) is 4.98 Å². The van der Waals surface area contributed by atoms with E-state index in [0.29, 0.717) is 34.9 Å². The monoisotopic (exact) mass is 376 g/mol. The number of amides is 1. The number of para-hydroxylation sites is 1.